The van der Waals surface area contributed by atoms with Crippen LogP contribution in [-0.4, -0.2) is 50.5 Å². The van der Waals surface area contributed by atoms with Crippen LogP contribution in [0.25, 0.3) is 0 Å². The van der Waals surface area contributed by atoms with E-state index in [1.54, 1.807) is 31.2 Å². The fourth-order valence-electron chi connectivity index (χ4n) is 3.09. The Bertz CT molecular complexity index is 1080. The van der Waals surface area contributed by atoms with Gasteiger partial charge in [0, 0.05) is 22.0 Å². The monoisotopic (exact) mass is 601 g/mol. The second-order valence-electron chi connectivity index (χ2n) is 8.21. The standard InChI is InChI=1S/C23H29Br2N3O4S/c1-16(2)13-26-23(30)17(3)27(14-18-6-5-7-20(25)12-18)22(29)15-28(33(4,31)32)21-10-8-19(24)9-11-21/h5-12,16-17H,13-15H2,1-4H3,(H,26,30)/t17-/m0/s1. The largest absolute Gasteiger partial charge is 0.354 e. The van der Waals surface area contributed by atoms with Gasteiger partial charge in [-0.2, -0.15) is 0 Å². The topological polar surface area (TPSA) is 86.8 Å². The highest BCUT2D eigenvalue weighted by Crippen LogP contribution is 2.22. The molecular formula is C23H29Br2N3O4S. The van der Waals surface area contributed by atoms with Crippen molar-refractivity contribution < 1.29 is 18.0 Å². The first kappa shape index (κ1) is 27.3. The third-order valence-corrected chi connectivity index (χ3v) is 7.05. The molecule has 2 amide bonds. The molecule has 1 atom stereocenters. The number of nitrogens with one attached hydrogen (secondary N) is 1. The summed E-state index contributed by atoms with van der Waals surface area (Å²) >= 11 is 6.75. The van der Waals surface area contributed by atoms with E-state index in [1.165, 1.54) is 4.90 Å². The summed E-state index contributed by atoms with van der Waals surface area (Å²) in [6.07, 6.45) is 1.06. The zero-order valence-corrected chi connectivity index (χ0v) is 23.1. The van der Waals surface area contributed by atoms with Gasteiger partial charge in [-0.05, 0) is 54.8 Å². The minimum atomic E-state index is -3.74. The summed E-state index contributed by atoms with van der Waals surface area (Å²) in [4.78, 5) is 27.6. The molecule has 2 aromatic carbocycles. The second-order valence-corrected chi connectivity index (χ2v) is 12.0. The first-order chi connectivity index (χ1) is 15.4. The summed E-state index contributed by atoms with van der Waals surface area (Å²) in [6.45, 7) is 5.84. The first-order valence-corrected chi connectivity index (χ1v) is 13.9. The molecular weight excluding hydrogens is 574 g/mol. The second kappa shape index (κ2) is 12.0. The molecule has 180 valence electrons. The number of hydrogen-bond acceptors (Lipinski definition) is 4. The lowest BCUT2D eigenvalue weighted by atomic mass is 10.1. The predicted molar refractivity (Wildman–Crippen MR) is 138 cm³/mol. The maximum Gasteiger partial charge on any atom is 0.244 e. The Hall–Kier alpha value is -1.91. The molecule has 0 aliphatic carbocycles. The number of sulfonamides is 1. The van der Waals surface area contributed by atoms with Crippen molar-refractivity contribution in [1.82, 2.24) is 10.2 Å². The zero-order valence-electron chi connectivity index (χ0n) is 19.1. The van der Waals surface area contributed by atoms with Crippen molar-refractivity contribution in [1.29, 1.82) is 0 Å². The molecule has 0 heterocycles. The summed E-state index contributed by atoms with van der Waals surface area (Å²) in [5.74, 6) is -0.509. The Labute approximate surface area is 212 Å². The number of hydrogen-bond donors (Lipinski definition) is 1. The molecule has 0 bridgehead atoms. The molecule has 0 aliphatic rings. The minimum absolute atomic E-state index is 0.159. The number of halogens is 2. The molecule has 0 fully saturated rings. The lowest BCUT2D eigenvalue weighted by Gasteiger charge is -2.31. The summed E-state index contributed by atoms with van der Waals surface area (Å²) < 4.78 is 27.7. The van der Waals surface area contributed by atoms with Crippen molar-refractivity contribution in [3.05, 3.63) is 63.0 Å². The van der Waals surface area contributed by atoms with Gasteiger partial charge in [0.25, 0.3) is 0 Å². The van der Waals surface area contributed by atoms with Crippen LogP contribution in [0, 0.1) is 5.92 Å². The van der Waals surface area contributed by atoms with E-state index in [0.29, 0.717) is 12.2 Å². The Morgan fingerprint density at radius 2 is 1.64 bits per heavy atom. The number of benzene rings is 2. The fraction of sp³-hybridized carbons (Fsp3) is 0.391. The van der Waals surface area contributed by atoms with E-state index in [4.69, 9.17) is 0 Å². The SMILES string of the molecule is CC(C)CNC(=O)[C@H](C)N(Cc1cccc(Br)c1)C(=O)CN(c1ccc(Br)cc1)S(C)(=O)=O. The predicted octanol–water partition coefficient (Wildman–Crippen LogP) is 4.17. The van der Waals surface area contributed by atoms with E-state index in [-0.39, 0.29) is 18.4 Å². The number of amides is 2. The van der Waals surface area contributed by atoms with Crippen molar-refractivity contribution in [2.75, 3.05) is 23.7 Å². The Morgan fingerprint density at radius 3 is 2.18 bits per heavy atom. The molecule has 10 heteroatoms. The maximum atomic E-state index is 13.4. The van der Waals surface area contributed by atoms with Gasteiger partial charge in [-0.15, -0.1) is 0 Å². The van der Waals surface area contributed by atoms with Gasteiger partial charge >= 0.3 is 0 Å². The average Bonchev–Trinajstić information content (AvgIpc) is 2.73. The zero-order chi connectivity index (χ0) is 24.8. The number of rotatable bonds is 10. The van der Waals surface area contributed by atoms with E-state index in [9.17, 15) is 18.0 Å². The van der Waals surface area contributed by atoms with Gasteiger partial charge in [-0.3, -0.25) is 13.9 Å². The molecule has 0 aliphatic heterocycles. The van der Waals surface area contributed by atoms with E-state index >= 15 is 0 Å². The Morgan fingerprint density at radius 1 is 1.00 bits per heavy atom. The highest BCUT2D eigenvalue weighted by molar-refractivity contribution is 9.10. The van der Waals surface area contributed by atoms with Crippen LogP contribution in [0.2, 0.25) is 0 Å². The van der Waals surface area contributed by atoms with Crippen molar-refractivity contribution in [3.63, 3.8) is 0 Å². The molecule has 2 aromatic rings. The van der Waals surface area contributed by atoms with E-state index in [1.807, 2.05) is 38.1 Å². The lowest BCUT2D eigenvalue weighted by molar-refractivity contribution is -0.139. The molecule has 2 rings (SSSR count). The van der Waals surface area contributed by atoms with Gasteiger partial charge in [-0.25, -0.2) is 8.42 Å². The molecule has 33 heavy (non-hydrogen) atoms. The minimum Gasteiger partial charge on any atom is -0.354 e. The van der Waals surface area contributed by atoms with Crippen LogP contribution < -0.4 is 9.62 Å². The van der Waals surface area contributed by atoms with E-state index in [0.717, 1.165) is 25.1 Å². The van der Waals surface area contributed by atoms with Gasteiger partial charge in [0.15, 0.2) is 0 Å². The molecule has 0 radical (unpaired) electrons. The average molecular weight is 603 g/mol. The number of anilines is 1. The molecule has 0 aromatic heterocycles. The van der Waals surface area contributed by atoms with Gasteiger partial charge in [0.05, 0.1) is 11.9 Å². The summed E-state index contributed by atoms with van der Waals surface area (Å²) in [5.41, 5.74) is 1.18. The Kier molecular flexibility index (Phi) is 9.93. The van der Waals surface area contributed by atoms with Crippen LogP contribution in [0.5, 0.6) is 0 Å². The van der Waals surface area contributed by atoms with Crippen molar-refractivity contribution in [2.45, 2.75) is 33.4 Å². The first-order valence-electron chi connectivity index (χ1n) is 10.4. The number of carbonyl (C=O) groups excluding carboxylic acids is 2. The highest BCUT2D eigenvalue weighted by Gasteiger charge is 2.30. The Balaban J connectivity index is 2.35. The van der Waals surface area contributed by atoms with Crippen LogP contribution in [-0.2, 0) is 26.2 Å². The fourth-order valence-corrected chi connectivity index (χ4v) is 4.65. The lowest BCUT2D eigenvalue weighted by Crippen LogP contribution is -2.51. The molecule has 7 nitrogen and oxygen atoms in total. The van der Waals surface area contributed by atoms with Crippen molar-refractivity contribution in [3.8, 4) is 0 Å². The van der Waals surface area contributed by atoms with Crippen molar-refractivity contribution in [2.24, 2.45) is 5.92 Å². The highest BCUT2D eigenvalue weighted by atomic mass is 79.9. The van der Waals surface area contributed by atoms with E-state index < -0.39 is 28.5 Å². The third kappa shape index (κ3) is 8.42. The van der Waals surface area contributed by atoms with Gasteiger partial charge < -0.3 is 10.2 Å². The molecule has 1 N–H and O–H groups in total. The van der Waals surface area contributed by atoms with Crippen LogP contribution in [0.4, 0.5) is 5.69 Å². The normalized spacial score (nSPS) is 12.3. The quantitative estimate of drug-likeness (QED) is 0.442. The van der Waals surface area contributed by atoms with E-state index in [2.05, 4.69) is 37.2 Å². The maximum absolute atomic E-state index is 13.4. The smallest absolute Gasteiger partial charge is 0.244 e. The van der Waals surface area contributed by atoms with Crippen molar-refractivity contribution >= 4 is 59.4 Å². The summed E-state index contributed by atoms with van der Waals surface area (Å²) in [5, 5.41) is 2.86. The van der Waals surface area contributed by atoms with Crippen LogP contribution in [0.1, 0.15) is 26.3 Å². The molecule has 0 saturated heterocycles. The number of nitrogens with zero attached hydrogens (tertiary/aromatic N) is 2. The van der Waals surface area contributed by atoms with Crippen LogP contribution in [0.3, 0.4) is 0 Å². The van der Waals surface area contributed by atoms with Gasteiger partial charge in [0.1, 0.15) is 12.6 Å². The third-order valence-electron chi connectivity index (χ3n) is 4.89. The van der Waals surface area contributed by atoms with Gasteiger partial charge in [-0.1, -0.05) is 57.8 Å². The number of carbonyl (C=O) groups is 2. The summed E-state index contributed by atoms with van der Waals surface area (Å²) in [7, 11) is -3.74. The molecule has 0 spiro atoms. The van der Waals surface area contributed by atoms with Crippen LogP contribution >= 0.6 is 31.9 Å². The van der Waals surface area contributed by atoms with Crippen LogP contribution in [0.15, 0.2) is 57.5 Å². The van der Waals surface area contributed by atoms with Gasteiger partial charge in [0.2, 0.25) is 21.8 Å². The summed E-state index contributed by atoms with van der Waals surface area (Å²) in [6, 6.07) is 13.3. The molecule has 0 saturated carbocycles. The molecule has 0 unspecified atom stereocenters.